The van der Waals surface area contributed by atoms with Crippen molar-refractivity contribution in [2.45, 2.75) is 0 Å². The Morgan fingerprint density at radius 2 is 1.17 bits per heavy atom. The standard InChI is InChI=1S/C46H27IN2O2S/c1-47-44(28-20-23-42-36(24-28)33-13-6-8-17-41(33)52-42)48-46(30-19-22-38-35(25-30)32-12-5-7-15-37(32)50-38)49-45(47)29-18-21-34-40(26-29)51-39-16-9-14-31(43(34)39)27-10-3-2-4-11-27/h2-26H,1H2. The van der Waals surface area contributed by atoms with Crippen LogP contribution in [0, 0.1) is 0 Å². The highest BCUT2D eigenvalue weighted by Crippen LogP contribution is 2.40. The first-order chi connectivity index (χ1) is 25.7. The molecule has 0 atom stereocenters. The zero-order valence-electron chi connectivity index (χ0n) is 27.6. The van der Waals surface area contributed by atoms with Crippen LogP contribution in [-0.2, 0) is 0 Å². The molecule has 0 fully saturated rings. The molecular formula is C46H27IN2O2S. The van der Waals surface area contributed by atoms with Gasteiger partial charge in [0.2, 0.25) is 0 Å². The van der Waals surface area contributed by atoms with Crippen molar-refractivity contribution in [1.82, 2.24) is 0 Å². The molecule has 1 aliphatic heterocycles. The number of fused-ring (bicyclic) bond motifs is 9. The Hall–Kier alpha value is -5.83. The van der Waals surface area contributed by atoms with Crippen LogP contribution in [0.5, 0.6) is 0 Å². The molecule has 4 nitrogen and oxygen atoms in total. The summed E-state index contributed by atoms with van der Waals surface area (Å²) in [6.45, 7) is 0. The molecule has 0 N–H and O–H groups in total. The van der Waals surface area contributed by atoms with Gasteiger partial charge in [-0.05, 0) is 71.8 Å². The molecule has 246 valence electrons. The lowest BCUT2D eigenvalue weighted by molar-refractivity contribution is 0.668. The number of thiophene rings is 1. The first-order valence-electron chi connectivity index (χ1n) is 17.0. The number of furan rings is 2. The second-order valence-electron chi connectivity index (χ2n) is 13.0. The van der Waals surface area contributed by atoms with Gasteiger partial charge in [0.1, 0.15) is 29.7 Å². The van der Waals surface area contributed by atoms with Crippen LogP contribution >= 0.6 is 30.2 Å². The molecule has 10 aromatic rings. The normalized spacial score (nSPS) is 14.0. The fourth-order valence-corrected chi connectivity index (χ4v) is 12.2. The number of aliphatic imine (C=N–C) groups is 2. The number of hydrogen-bond donors (Lipinski definition) is 0. The molecule has 7 aromatic carbocycles. The molecule has 0 radical (unpaired) electrons. The van der Waals surface area contributed by atoms with Gasteiger partial charge in [-0.15, -0.1) is 11.3 Å². The number of amidine groups is 1. The molecule has 52 heavy (non-hydrogen) atoms. The molecule has 3 aromatic heterocycles. The summed E-state index contributed by atoms with van der Waals surface area (Å²) in [6, 6.07) is 53.1. The molecule has 4 heterocycles. The average molecular weight is 799 g/mol. The van der Waals surface area contributed by atoms with E-state index in [1.807, 2.05) is 41.7 Å². The second-order valence-corrected chi connectivity index (χ2v) is 18.2. The van der Waals surface area contributed by atoms with Gasteiger partial charge in [0.05, 0.1) is 0 Å². The number of rotatable bonds is 4. The lowest BCUT2D eigenvalue weighted by Gasteiger charge is -2.16. The molecule has 0 spiro atoms. The molecule has 6 heteroatoms. The predicted octanol–water partition coefficient (Wildman–Crippen LogP) is 12.8. The molecule has 0 saturated heterocycles. The van der Waals surface area contributed by atoms with E-state index in [2.05, 4.69) is 121 Å². The van der Waals surface area contributed by atoms with Gasteiger partial charge in [-0.1, -0.05) is 114 Å². The Labute approximate surface area is 308 Å². The van der Waals surface area contributed by atoms with Crippen molar-refractivity contribution >= 4 is 112 Å². The SMILES string of the molecule is C=I1=C(c2ccc3sc4ccccc4c3c2)N=C(c2ccc3oc4ccccc4c3c2)N=C1c1ccc2c(c1)oc1cccc(-c3ccccc3)c12. The Kier molecular flexibility index (Phi) is 6.66. The Morgan fingerprint density at radius 3 is 2.10 bits per heavy atom. The Bertz CT molecular complexity index is 3260. The topological polar surface area (TPSA) is 51.0 Å². The van der Waals surface area contributed by atoms with Gasteiger partial charge in [-0.2, -0.15) is 0 Å². The third kappa shape index (κ3) is 4.64. The third-order valence-electron chi connectivity index (χ3n) is 9.91. The Balaban J connectivity index is 1.12. The highest BCUT2D eigenvalue weighted by atomic mass is 127. The van der Waals surface area contributed by atoms with Crippen LogP contribution in [0.15, 0.2) is 170 Å². The number of nitrogens with zero attached hydrogens (tertiary/aromatic N) is 2. The minimum Gasteiger partial charge on any atom is -0.456 e. The maximum absolute atomic E-state index is 6.56. The van der Waals surface area contributed by atoms with E-state index in [1.165, 1.54) is 25.7 Å². The van der Waals surface area contributed by atoms with Crippen LogP contribution in [0.2, 0.25) is 0 Å². The maximum Gasteiger partial charge on any atom is 0.161 e. The van der Waals surface area contributed by atoms with Gasteiger partial charge in [-0.3, -0.25) is 0 Å². The highest BCUT2D eigenvalue weighted by molar-refractivity contribution is 14.2. The molecule has 1 aliphatic rings. The van der Waals surface area contributed by atoms with E-state index in [9.17, 15) is 0 Å². The van der Waals surface area contributed by atoms with E-state index in [0.29, 0.717) is 5.84 Å². The fourth-order valence-electron chi connectivity index (χ4n) is 7.45. The van der Waals surface area contributed by atoms with Gasteiger partial charge in [-0.25, -0.2) is 9.98 Å². The van der Waals surface area contributed by atoms with Crippen LogP contribution in [0.1, 0.15) is 16.7 Å². The largest absolute Gasteiger partial charge is 0.456 e. The van der Waals surface area contributed by atoms with Crippen molar-refractivity contribution in [2.75, 3.05) is 0 Å². The highest BCUT2D eigenvalue weighted by Gasteiger charge is 2.21. The summed E-state index contributed by atoms with van der Waals surface area (Å²) in [5.74, 6) is 0.681. The number of hydrogen-bond acceptors (Lipinski definition) is 5. The zero-order chi connectivity index (χ0) is 34.3. The minimum atomic E-state index is -2.38. The third-order valence-corrected chi connectivity index (χ3v) is 15.3. The predicted molar refractivity (Wildman–Crippen MR) is 231 cm³/mol. The molecule has 0 amide bonds. The first-order valence-corrected chi connectivity index (χ1v) is 21.5. The average Bonchev–Trinajstić information content (AvgIpc) is 3.88. The summed E-state index contributed by atoms with van der Waals surface area (Å²) >= 11 is -0.549. The monoisotopic (exact) mass is 798 g/mol. The van der Waals surface area contributed by atoms with Gasteiger partial charge >= 0.3 is 0 Å². The fraction of sp³-hybridized carbons (Fsp3) is 0. The van der Waals surface area contributed by atoms with E-state index in [0.717, 1.165) is 73.5 Å². The van der Waals surface area contributed by atoms with Crippen molar-refractivity contribution in [2.24, 2.45) is 9.98 Å². The van der Waals surface area contributed by atoms with E-state index >= 15 is 0 Å². The molecule has 11 rings (SSSR count). The Morgan fingerprint density at radius 1 is 0.462 bits per heavy atom. The summed E-state index contributed by atoms with van der Waals surface area (Å²) in [7, 11) is 0. The van der Waals surface area contributed by atoms with E-state index < -0.39 is 18.9 Å². The number of para-hydroxylation sites is 1. The van der Waals surface area contributed by atoms with Crippen LogP contribution in [0.25, 0.3) is 75.2 Å². The van der Waals surface area contributed by atoms with Crippen LogP contribution in [0.4, 0.5) is 0 Å². The number of halogens is 1. The molecular weight excluding hydrogens is 771 g/mol. The number of benzene rings is 7. The van der Waals surface area contributed by atoms with Crippen LogP contribution in [-0.4, -0.2) is 17.7 Å². The van der Waals surface area contributed by atoms with E-state index in [-0.39, 0.29) is 0 Å². The van der Waals surface area contributed by atoms with Gasteiger partial charge in [0.15, 0.2) is 5.84 Å². The molecule has 0 saturated carbocycles. The van der Waals surface area contributed by atoms with Crippen LogP contribution < -0.4 is 0 Å². The zero-order valence-corrected chi connectivity index (χ0v) is 30.6. The quantitative estimate of drug-likeness (QED) is 0.167. The van der Waals surface area contributed by atoms with Crippen molar-refractivity contribution in [3.63, 3.8) is 0 Å². The maximum atomic E-state index is 6.56. The van der Waals surface area contributed by atoms with Crippen molar-refractivity contribution in [3.8, 4) is 11.1 Å². The van der Waals surface area contributed by atoms with E-state index in [4.69, 9.17) is 23.3 Å². The van der Waals surface area contributed by atoms with Gasteiger partial charge in [0, 0.05) is 58.4 Å². The lowest BCUT2D eigenvalue weighted by atomic mass is 9.99. The van der Waals surface area contributed by atoms with E-state index in [1.54, 1.807) is 0 Å². The van der Waals surface area contributed by atoms with Crippen molar-refractivity contribution in [1.29, 1.82) is 0 Å². The minimum absolute atomic E-state index is 0.681. The van der Waals surface area contributed by atoms with Crippen molar-refractivity contribution < 1.29 is 8.83 Å². The summed E-state index contributed by atoms with van der Waals surface area (Å²) in [5, 5.41) is 6.86. The summed E-state index contributed by atoms with van der Waals surface area (Å²) < 4.78 is 22.2. The van der Waals surface area contributed by atoms with Crippen LogP contribution in [0.3, 0.4) is 0 Å². The second kappa shape index (κ2) is 11.6. The molecule has 0 unspecified atom stereocenters. The summed E-state index contributed by atoms with van der Waals surface area (Å²) in [6.07, 6.45) is 0. The summed E-state index contributed by atoms with van der Waals surface area (Å²) in [4.78, 5) is 10.7. The smallest absolute Gasteiger partial charge is 0.161 e. The molecule has 0 bridgehead atoms. The molecule has 0 aliphatic carbocycles. The van der Waals surface area contributed by atoms with Gasteiger partial charge in [0.25, 0.3) is 0 Å². The first kappa shape index (κ1) is 29.9. The summed E-state index contributed by atoms with van der Waals surface area (Å²) in [5.41, 5.74) is 8.82. The lowest BCUT2D eigenvalue weighted by Crippen LogP contribution is -2.12. The van der Waals surface area contributed by atoms with Gasteiger partial charge < -0.3 is 8.83 Å². The van der Waals surface area contributed by atoms with Crippen molar-refractivity contribution in [3.05, 3.63) is 168 Å².